The summed E-state index contributed by atoms with van der Waals surface area (Å²) in [7, 11) is 0. The second-order valence-electron chi connectivity index (χ2n) is 5.72. The molecular weight excluding hydrogens is 288 g/mol. The lowest BCUT2D eigenvalue weighted by Gasteiger charge is -2.27. The van der Waals surface area contributed by atoms with Gasteiger partial charge in [-0.25, -0.2) is 9.97 Å². The van der Waals surface area contributed by atoms with Crippen LogP contribution >= 0.6 is 11.6 Å². The third kappa shape index (κ3) is 2.47. The molecule has 1 aliphatic rings. The summed E-state index contributed by atoms with van der Waals surface area (Å²) >= 11 is 6.12. The molecule has 0 saturated heterocycles. The van der Waals surface area contributed by atoms with E-state index in [4.69, 9.17) is 17.3 Å². The van der Waals surface area contributed by atoms with Crippen molar-refractivity contribution >= 4 is 34.4 Å². The Bertz CT molecular complexity index is 705. The van der Waals surface area contributed by atoms with Crippen molar-refractivity contribution in [3.05, 3.63) is 29.4 Å². The number of amides is 1. The number of rotatable bonds is 2. The fourth-order valence-corrected chi connectivity index (χ4v) is 2.96. The van der Waals surface area contributed by atoms with Crippen molar-refractivity contribution in [2.45, 2.75) is 32.2 Å². The lowest BCUT2D eigenvalue weighted by atomic mass is 9.84. The van der Waals surface area contributed by atoms with Crippen molar-refractivity contribution in [3.8, 4) is 0 Å². The van der Waals surface area contributed by atoms with Crippen LogP contribution in [0.25, 0.3) is 11.0 Å². The first-order valence-electron chi connectivity index (χ1n) is 7.00. The molecule has 2 atom stereocenters. The third-order valence-electron chi connectivity index (χ3n) is 4.31. The zero-order valence-corrected chi connectivity index (χ0v) is 12.5. The number of carbonyl (C=O) groups is 1. The molecule has 0 spiro atoms. The Labute approximate surface area is 127 Å². The third-order valence-corrected chi connectivity index (χ3v) is 4.57. The van der Waals surface area contributed by atoms with Gasteiger partial charge in [0.25, 0.3) is 0 Å². The van der Waals surface area contributed by atoms with E-state index in [2.05, 4.69) is 15.3 Å². The van der Waals surface area contributed by atoms with Gasteiger partial charge in [0.2, 0.25) is 5.91 Å². The zero-order valence-electron chi connectivity index (χ0n) is 11.8. The highest BCUT2D eigenvalue weighted by Crippen LogP contribution is 2.38. The molecule has 2 unspecified atom stereocenters. The smallest absolute Gasteiger partial charge is 0.233 e. The summed E-state index contributed by atoms with van der Waals surface area (Å²) < 4.78 is 0. The van der Waals surface area contributed by atoms with Crippen LogP contribution in [0.2, 0.25) is 5.15 Å². The van der Waals surface area contributed by atoms with Crippen LogP contribution in [0.1, 0.15) is 26.2 Å². The monoisotopic (exact) mass is 304 g/mol. The van der Waals surface area contributed by atoms with E-state index in [1.165, 1.54) is 0 Å². The zero-order chi connectivity index (χ0) is 15.0. The summed E-state index contributed by atoms with van der Waals surface area (Å²) in [6, 6.07) is 7.25. The topological polar surface area (TPSA) is 80.9 Å². The van der Waals surface area contributed by atoms with Crippen molar-refractivity contribution in [1.82, 2.24) is 9.97 Å². The van der Waals surface area contributed by atoms with E-state index >= 15 is 0 Å². The van der Waals surface area contributed by atoms with E-state index in [-0.39, 0.29) is 17.1 Å². The SMILES string of the molecule is CC1(C(=O)Nc2nc3ccccc3nc2Cl)CCCC1N. The summed E-state index contributed by atoms with van der Waals surface area (Å²) in [6.45, 7) is 1.89. The number of aromatic nitrogens is 2. The minimum absolute atomic E-state index is 0.135. The maximum atomic E-state index is 12.5. The van der Waals surface area contributed by atoms with Gasteiger partial charge in [-0.05, 0) is 31.9 Å². The molecule has 5 nitrogen and oxygen atoms in total. The second kappa shape index (κ2) is 5.24. The number of nitrogens with one attached hydrogen (secondary N) is 1. The summed E-state index contributed by atoms with van der Waals surface area (Å²) in [5.41, 5.74) is 6.88. The second-order valence-corrected chi connectivity index (χ2v) is 6.08. The Kier molecular flexibility index (Phi) is 3.55. The quantitative estimate of drug-likeness (QED) is 0.894. The van der Waals surface area contributed by atoms with Gasteiger partial charge >= 0.3 is 0 Å². The lowest BCUT2D eigenvalue weighted by molar-refractivity contribution is -0.125. The van der Waals surface area contributed by atoms with Crippen LogP contribution in [0, 0.1) is 5.41 Å². The minimum atomic E-state index is -0.573. The molecule has 1 saturated carbocycles. The van der Waals surface area contributed by atoms with E-state index < -0.39 is 5.41 Å². The van der Waals surface area contributed by atoms with Gasteiger partial charge in [-0.2, -0.15) is 0 Å². The fraction of sp³-hybridized carbons (Fsp3) is 0.400. The van der Waals surface area contributed by atoms with Crippen molar-refractivity contribution < 1.29 is 4.79 Å². The van der Waals surface area contributed by atoms with Crippen LogP contribution in [0.4, 0.5) is 5.82 Å². The molecule has 0 bridgehead atoms. The highest BCUT2D eigenvalue weighted by molar-refractivity contribution is 6.32. The molecule has 1 aromatic carbocycles. The minimum Gasteiger partial charge on any atom is -0.327 e. The molecule has 1 aromatic heterocycles. The van der Waals surface area contributed by atoms with E-state index in [1.807, 2.05) is 31.2 Å². The van der Waals surface area contributed by atoms with Gasteiger partial charge < -0.3 is 11.1 Å². The van der Waals surface area contributed by atoms with E-state index in [9.17, 15) is 4.79 Å². The number of nitrogens with two attached hydrogens (primary N) is 1. The van der Waals surface area contributed by atoms with Gasteiger partial charge in [0.05, 0.1) is 16.4 Å². The van der Waals surface area contributed by atoms with Gasteiger partial charge in [0.15, 0.2) is 11.0 Å². The number of para-hydroxylation sites is 2. The molecule has 1 aliphatic carbocycles. The summed E-state index contributed by atoms with van der Waals surface area (Å²) in [5, 5.41) is 2.98. The first-order valence-corrected chi connectivity index (χ1v) is 7.38. The number of anilines is 1. The number of carbonyl (C=O) groups excluding carboxylic acids is 1. The Morgan fingerprint density at radius 2 is 2.05 bits per heavy atom. The van der Waals surface area contributed by atoms with E-state index in [1.54, 1.807) is 0 Å². The average molecular weight is 305 g/mol. The first kappa shape index (κ1) is 14.2. The number of fused-ring (bicyclic) bond motifs is 1. The molecule has 3 N–H and O–H groups in total. The highest BCUT2D eigenvalue weighted by Gasteiger charge is 2.43. The van der Waals surface area contributed by atoms with Gasteiger partial charge in [0, 0.05) is 6.04 Å². The van der Waals surface area contributed by atoms with E-state index in [0.717, 1.165) is 19.3 Å². The van der Waals surface area contributed by atoms with Crippen LogP contribution in [-0.2, 0) is 4.79 Å². The Balaban J connectivity index is 1.91. The molecule has 1 fully saturated rings. The fourth-order valence-electron chi connectivity index (χ4n) is 2.78. The maximum Gasteiger partial charge on any atom is 0.233 e. The van der Waals surface area contributed by atoms with Crippen molar-refractivity contribution in [2.75, 3.05) is 5.32 Å². The van der Waals surface area contributed by atoms with Gasteiger partial charge in [-0.1, -0.05) is 30.2 Å². The summed E-state index contributed by atoms with van der Waals surface area (Å²) in [4.78, 5) is 21.1. The van der Waals surface area contributed by atoms with Crippen LogP contribution in [0.5, 0.6) is 0 Å². The predicted molar refractivity (Wildman–Crippen MR) is 83.1 cm³/mol. The van der Waals surface area contributed by atoms with Gasteiger partial charge in [0.1, 0.15) is 0 Å². The van der Waals surface area contributed by atoms with Crippen LogP contribution < -0.4 is 11.1 Å². The van der Waals surface area contributed by atoms with Gasteiger partial charge in [-0.15, -0.1) is 0 Å². The van der Waals surface area contributed by atoms with Crippen LogP contribution in [0.15, 0.2) is 24.3 Å². The molecule has 0 radical (unpaired) electrons. The standard InChI is InChI=1S/C15H17ClN4O/c1-15(8-4-7-11(15)17)14(21)20-13-12(16)18-9-5-2-3-6-10(9)19-13/h2-3,5-6,11H,4,7-8,17H2,1H3,(H,19,20,21). The maximum absolute atomic E-state index is 12.5. The molecule has 1 heterocycles. The Morgan fingerprint density at radius 3 is 2.67 bits per heavy atom. The Morgan fingerprint density at radius 1 is 1.38 bits per heavy atom. The summed E-state index contributed by atoms with van der Waals surface area (Å²) in [6.07, 6.45) is 2.60. The molecule has 3 rings (SSSR count). The van der Waals surface area contributed by atoms with Crippen molar-refractivity contribution in [2.24, 2.45) is 11.1 Å². The number of benzene rings is 1. The largest absolute Gasteiger partial charge is 0.327 e. The Hall–Kier alpha value is -1.72. The highest BCUT2D eigenvalue weighted by atomic mass is 35.5. The average Bonchev–Trinajstić information content (AvgIpc) is 2.81. The van der Waals surface area contributed by atoms with Crippen LogP contribution in [0.3, 0.4) is 0 Å². The van der Waals surface area contributed by atoms with Crippen molar-refractivity contribution in [1.29, 1.82) is 0 Å². The molecule has 110 valence electrons. The number of hydrogen-bond donors (Lipinski definition) is 2. The molecular formula is C15H17ClN4O. The molecule has 1 amide bonds. The summed E-state index contributed by atoms with van der Waals surface area (Å²) in [5.74, 6) is 0.152. The van der Waals surface area contributed by atoms with Crippen molar-refractivity contribution in [3.63, 3.8) is 0 Å². The molecule has 21 heavy (non-hydrogen) atoms. The van der Waals surface area contributed by atoms with Gasteiger partial charge in [-0.3, -0.25) is 4.79 Å². The molecule has 0 aliphatic heterocycles. The number of halogens is 1. The lowest BCUT2D eigenvalue weighted by Crippen LogP contribution is -2.44. The molecule has 6 heteroatoms. The first-order chi connectivity index (χ1) is 10.0. The number of hydrogen-bond acceptors (Lipinski definition) is 4. The van der Waals surface area contributed by atoms with E-state index in [0.29, 0.717) is 16.9 Å². The number of nitrogens with zero attached hydrogens (tertiary/aromatic N) is 2. The normalized spacial score (nSPS) is 25.2. The molecule has 2 aromatic rings. The predicted octanol–water partition coefficient (Wildman–Crippen LogP) is 2.74. The van der Waals surface area contributed by atoms with Crippen LogP contribution in [-0.4, -0.2) is 21.9 Å².